The molecular weight excluding hydrogens is 266 g/mol. The predicted molar refractivity (Wildman–Crippen MR) is 83.7 cm³/mol. The van der Waals surface area contributed by atoms with Gasteiger partial charge in [0.2, 0.25) is 0 Å². The maximum Gasteiger partial charge on any atom is 0.261 e. The number of hydrogen-bond donors (Lipinski definition) is 2. The molecule has 1 aromatic heterocycles. The molecule has 1 aromatic carbocycles. The molecule has 0 spiro atoms. The number of hydrogen-bond acceptors (Lipinski definition) is 4. The molecule has 0 atom stereocenters. The van der Waals surface area contributed by atoms with Crippen LogP contribution >= 0.6 is 0 Å². The van der Waals surface area contributed by atoms with Crippen LogP contribution in [-0.2, 0) is 0 Å². The fourth-order valence-electron chi connectivity index (χ4n) is 2.07. The average molecular weight is 285 g/mol. The van der Waals surface area contributed by atoms with Gasteiger partial charge >= 0.3 is 0 Å². The largest absolute Gasteiger partial charge is 0.493 e. The van der Waals surface area contributed by atoms with E-state index in [1.165, 1.54) is 0 Å². The number of carbonyl (C=O) groups excluding carboxylic acids is 1. The summed E-state index contributed by atoms with van der Waals surface area (Å²) in [6.45, 7) is 6.08. The Balaban J connectivity index is 2.32. The summed E-state index contributed by atoms with van der Waals surface area (Å²) < 4.78 is 5.47. The quantitative estimate of drug-likeness (QED) is 0.847. The molecule has 3 N–H and O–H groups in total. The second-order valence-electron chi connectivity index (χ2n) is 4.69. The predicted octanol–water partition coefficient (Wildman–Crippen LogP) is 2.93. The molecule has 110 valence electrons. The van der Waals surface area contributed by atoms with Crippen molar-refractivity contribution >= 4 is 17.3 Å². The third kappa shape index (κ3) is 3.31. The van der Waals surface area contributed by atoms with Crippen LogP contribution in [0.5, 0.6) is 5.75 Å². The van der Waals surface area contributed by atoms with Crippen molar-refractivity contribution in [3.63, 3.8) is 0 Å². The van der Waals surface area contributed by atoms with E-state index >= 15 is 0 Å². The van der Waals surface area contributed by atoms with Crippen LogP contribution in [0.4, 0.5) is 11.4 Å². The highest BCUT2D eigenvalue weighted by atomic mass is 16.5. The lowest BCUT2D eigenvalue weighted by atomic mass is 10.1. The Bertz CT molecular complexity index is 669. The summed E-state index contributed by atoms with van der Waals surface area (Å²) in [6, 6.07) is 8.85. The van der Waals surface area contributed by atoms with E-state index in [0.717, 1.165) is 11.4 Å². The molecule has 0 radical (unpaired) electrons. The monoisotopic (exact) mass is 285 g/mol. The fraction of sp³-hybridized carbons (Fsp3) is 0.250. The van der Waals surface area contributed by atoms with Gasteiger partial charge in [0.05, 0.1) is 18.0 Å². The smallest absolute Gasteiger partial charge is 0.261 e. The second-order valence-corrected chi connectivity index (χ2v) is 4.69. The van der Waals surface area contributed by atoms with Gasteiger partial charge in [0.1, 0.15) is 11.3 Å². The van der Waals surface area contributed by atoms with Gasteiger partial charge in [-0.2, -0.15) is 0 Å². The lowest BCUT2D eigenvalue weighted by molar-refractivity contribution is 0.102. The molecule has 0 saturated heterocycles. The van der Waals surface area contributed by atoms with Crippen molar-refractivity contribution in [2.45, 2.75) is 20.8 Å². The molecule has 0 aliphatic rings. The number of nitrogens with two attached hydrogens (primary N) is 1. The fourth-order valence-corrected chi connectivity index (χ4v) is 2.07. The van der Waals surface area contributed by atoms with Crippen LogP contribution in [-0.4, -0.2) is 17.5 Å². The minimum absolute atomic E-state index is 0.301. The van der Waals surface area contributed by atoms with E-state index in [0.29, 0.717) is 29.3 Å². The number of carbonyl (C=O) groups is 1. The van der Waals surface area contributed by atoms with Gasteiger partial charge in [0.25, 0.3) is 5.91 Å². The number of benzene rings is 1. The zero-order valence-electron chi connectivity index (χ0n) is 12.4. The lowest BCUT2D eigenvalue weighted by Gasteiger charge is -2.13. The number of rotatable bonds is 4. The van der Waals surface area contributed by atoms with Gasteiger partial charge in [-0.05, 0) is 45.0 Å². The molecule has 0 saturated carbocycles. The van der Waals surface area contributed by atoms with Crippen LogP contribution in [0, 0.1) is 13.8 Å². The lowest BCUT2D eigenvalue weighted by Crippen LogP contribution is -2.17. The Morgan fingerprint density at radius 3 is 2.71 bits per heavy atom. The molecule has 0 aliphatic heterocycles. The van der Waals surface area contributed by atoms with Crippen molar-refractivity contribution in [3.05, 3.63) is 47.3 Å². The maximum atomic E-state index is 12.5. The van der Waals surface area contributed by atoms with Gasteiger partial charge in [0, 0.05) is 11.4 Å². The second kappa shape index (κ2) is 6.26. The minimum atomic E-state index is -0.301. The number of nitrogens with zero attached hydrogens (tertiary/aromatic N) is 1. The first kappa shape index (κ1) is 14.8. The van der Waals surface area contributed by atoms with E-state index < -0.39 is 0 Å². The van der Waals surface area contributed by atoms with Crippen molar-refractivity contribution in [1.82, 2.24) is 4.98 Å². The van der Waals surface area contributed by atoms with Gasteiger partial charge in [0.15, 0.2) is 0 Å². The van der Waals surface area contributed by atoms with Gasteiger partial charge < -0.3 is 15.8 Å². The maximum absolute atomic E-state index is 12.5. The molecule has 0 fully saturated rings. The van der Waals surface area contributed by atoms with Gasteiger partial charge in [-0.1, -0.05) is 6.07 Å². The molecule has 1 amide bonds. The zero-order chi connectivity index (χ0) is 15.4. The SMILES string of the molecule is CCOc1cccc(N)c1C(=O)Nc1ccc(C)nc1C. The summed E-state index contributed by atoms with van der Waals surface area (Å²) in [6.07, 6.45) is 0. The van der Waals surface area contributed by atoms with E-state index in [2.05, 4.69) is 10.3 Å². The van der Waals surface area contributed by atoms with E-state index in [1.54, 1.807) is 18.2 Å². The minimum Gasteiger partial charge on any atom is -0.493 e. The topological polar surface area (TPSA) is 77.2 Å². The zero-order valence-corrected chi connectivity index (χ0v) is 12.4. The van der Waals surface area contributed by atoms with Crippen LogP contribution in [0.1, 0.15) is 28.7 Å². The molecule has 5 heteroatoms. The summed E-state index contributed by atoms with van der Waals surface area (Å²) in [4.78, 5) is 16.8. The highest BCUT2D eigenvalue weighted by molar-refractivity contribution is 6.09. The molecular formula is C16H19N3O2. The normalized spacial score (nSPS) is 10.2. The van der Waals surface area contributed by atoms with Crippen LogP contribution in [0.25, 0.3) is 0 Å². The highest BCUT2D eigenvalue weighted by Gasteiger charge is 2.17. The number of nitrogen functional groups attached to an aromatic ring is 1. The van der Waals surface area contributed by atoms with Crippen molar-refractivity contribution < 1.29 is 9.53 Å². The van der Waals surface area contributed by atoms with E-state index in [1.807, 2.05) is 32.9 Å². The summed E-state index contributed by atoms with van der Waals surface area (Å²) in [5.74, 6) is 0.179. The summed E-state index contributed by atoms with van der Waals surface area (Å²) in [5, 5.41) is 2.83. The molecule has 0 unspecified atom stereocenters. The number of nitrogens with one attached hydrogen (secondary N) is 1. The summed E-state index contributed by atoms with van der Waals surface area (Å²) >= 11 is 0. The number of aryl methyl sites for hydroxylation is 2. The number of aromatic nitrogens is 1. The Kier molecular flexibility index (Phi) is 4.42. The number of amides is 1. The van der Waals surface area contributed by atoms with Crippen LogP contribution < -0.4 is 15.8 Å². The molecule has 0 aliphatic carbocycles. The van der Waals surface area contributed by atoms with Crippen molar-refractivity contribution in [1.29, 1.82) is 0 Å². The van der Waals surface area contributed by atoms with Crippen LogP contribution in [0.15, 0.2) is 30.3 Å². The number of pyridine rings is 1. The average Bonchev–Trinajstić information content (AvgIpc) is 2.42. The molecule has 21 heavy (non-hydrogen) atoms. The first-order valence-corrected chi connectivity index (χ1v) is 6.79. The Labute approximate surface area is 124 Å². The Hall–Kier alpha value is -2.56. The molecule has 0 bridgehead atoms. The highest BCUT2D eigenvalue weighted by Crippen LogP contribution is 2.26. The van der Waals surface area contributed by atoms with Crippen molar-refractivity contribution in [2.24, 2.45) is 0 Å². The van der Waals surface area contributed by atoms with E-state index in [4.69, 9.17) is 10.5 Å². The first-order chi connectivity index (χ1) is 10.0. The van der Waals surface area contributed by atoms with E-state index in [-0.39, 0.29) is 5.91 Å². The van der Waals surface area contributed by atoms with Crippen molar-refractivity contribution in [2.75, 3.05) is 17.7 Å². The third-order valence-corrected chi connectivity index (χ3v) is 3.06. The molecule has 5 nitrogen and oxygen atoms in total. The van der Waals surface area contributed by atoms with Crippen LogP contribution in [0.3, 0.4) is 0 Å². The van der Waals surface area contributed by atoms with Crippen molar-refractivity contribution in [3.8, 4) is 5.75 Å². The molecule has 1 heterocycles. The standard InChI is InChI=1S/C16H19N3O2/c1-4-21-14-7-5-6-12(17)15(14)16(20)19-13-9-8-10(2)18-11(13)3/h5-9H,4,17H2,1-3H3,(H,19,20). The van der Waals surface area contributed by atoms with Gasteiger partial charge in [-0.3, -0.25) is 9.78 Å². The summed E-state index contributed by atoms with van der Waals surface area (Å²) in [5.41, 5.74) is 8.97. The van der Waals surface area contributed by atoms with Crippen LogP contribution in [0.2, 0.25) is 0 Å². The van der Waals surface area contributed by atoms with Gasteiger partial charge in [-0.25, -0.2) is 0 Å². The molecule has 2 aromatic rings. The third-order valence-electron chi connectivity index (χ3n) is 3.06. The number of anilines is 2. The van der Waals surface area contributed by atoms with E-state index in [9.17, 15) is 4.79 Å². The molecule has 2 rings (SSSR count). The first-order valence-electron chi connectivity index (χ1n) is 6.79. The number of ether oxygens (including phenoxy) is 1. The van der Waals surface area contributed by atoms with Gasteiger partial charge in [-0.15, -0.1) is 0 Å². The Morgan fingerprint density at radius 1 is 1.29 bits per heavy atom. The summed E-state index contributed by atoms with van der Waals surface area (Å²) in [7, 11) is 0. The Morgan fingerprint density at radius 2 is 2.05 bits per heavy atom.